The lowest BCUT2D eigenvalue weighted by Crippen LogP contribution is -2.26. The topological polar surface area (TPSA) is 111 Å². The number of carbonyl (C=O) groups is 2. The molecule has 134 valence electrons. The van der Waals surface area contributed by atoms with E-state index in [1.807, 2.05) is 0 Å². The van der Waals surface area contributed by atoms with E-state index in [-0.39, 0.29) is 74.8 Å². The molecule has 0 aromatic carbocycles. The predicted molar refractivity (Wildman–Crippen MR) is 84.8 cm³/mol. The number of carbonyl (C=O) groups excluding carboxylic acids is 4. The summed E-state index contributed by atoms with van der Waals surface area (Å²) in [5.74, 6) is -0.0993. The molecule has 0 aliphatic heterocycles. The Labute approximate surface area is 145 Å². The van der Waals surface area contributed by atoms with E-state index in [4.69, 9.17) is 9.47 Å². The molecule has 4 unspecified atom stereocenters. The molecule has 0 heterocycles. The molecule has 0 amide bonds. The Morgan fingerprint density at radius 3 is 1.72 bits per heavy atom. The second-order valence-electron chi connectivity index (χ2n) is 6.07. The van der Waals surface area contributed by atoms with Crippen LogP contribution in [0.15, 0.2) is 22.1 Å². The SMILES string of the molecule is O=C=NCCOC(=O)CC1C2C=CC(C2)C1CC(=O)OCCN=C=O. The molecule has 2 bridgehead atoms. The van der Waals surface area contributed by atoms with E-state index in [0.29, 0.717) is 0 Å². The van der Waals surface area contributed by atoms with Crippen LogP contribution in [0.3, 0.4) is 0 Å². The van der Waals surface area contributed by atoms with Gasteiger partial charge in [0, 0.05) is 12.8 Å². The summed E-state index contributed by atoms with van der Waals surface area (Å²) in [6, 6.07) is 0. The molecule has 8 heteroatoms. The van der Waals surface area contributed by atoms with Crippen molar-refractivity contribution in [3.63, 3.8) is 0 Å². The van der Waals surface area contributed by atoms with Crippen LogP contribution in [0.2, 0.25) is 0 Å². The van der Waals surface area contributed by atoms with E-state index in [1.54, 1.807) is 0 Å². The Bertz CT molecular complexity index is 567. The van der Waals surface area contributed by atoms with E-state index in [1.165, 1.54) is 12.2 Å². The van der Waals surface area contributed by atoms with Gasteiger partial charge in [-0.1, -0.05) is 12.2 Å². The Morgan fingerprint density at radius 2 is 1.32 bits per heavy atom. The fraction of sp³-hybridized carbons (Fsp3) is 0.647. The number of hydrogen-bond donors (Lipinski definition) is 0. The van der Waals surface area contributed by atoms with Gasteiger partial charge in [0.2, 0.25) is 12.2 Å². The first-order valence-corrected chi connectivity index (χ1v) is 8.22. The van der Waals surface area contributed by atoms with Crippen molar-refractivity contribution >= 4 is 24.1 Å². The highest BCUT2D eigenvalue weighted by Crippen LogP contribution is 2.50. The predicted octanol–water partition coefficient (Wildman–Crippen LogP) is 0.963. The molecule has 2 aliphatic carbocycles. The second-order valence-corrected chi connectivity index (χ2v) is 6.07. The zero-order chi connectivity index (χ0) is 18.1. The van der Waals surface area contributed by atoms with E-state index in [2.05, 4.69) is 22.1 Å². The lowest BCUT2D eigenvalue weighted by molar-refractivity contribution is -0.148. The van der Waals surface area contributed by atoms with Crippen LogP contribution in [-0.4, -0.2) is 50.4 Å². The minimum Gasteiger partial charge on any atom is -0.464 e. The molecule has 0 aromatic heterocycles. The monoisotopic (exact) mass is 348 g/mol. The Kier molecular flexibility index (Phi) is 7.26. The molecule has 2 aliphatic rings. The normalized spacial score (nSPS) is 25.8. The van der Waals surface area contributed by atoms with E-state index >= 15 is 0 Å². The molecular weight excluding hydrogens is 328 g/mol. The maximum Gasteiger partial charge on any atom is 0.306 e. The van der Waals surface area contributed by atoms with Gasteiger partial charge in [0.15, 0.2) is 0 Å². The largest absolute Gasteiger partial charge is 0.464 e. The number of esters is 2. The van der Waals surface area contributed by atoms with Gasteiger partial charge in [0.05, 0.1) is 13.1 Å². The van der Waals surface area contributed by atoms with Crippen molar-refractivity contribution in [2.45, 2.75) is 19.3 Å². The third kappa shape index (κ3) is 5.48. The van der Waals surface area contributed by atoms with Gasteiger partial charge >= 0.3 is 11.9 Å². The number of fused-ring (bicyclic) bond motifs is 2. The van der Waals surface area contributed by atoms with Crippen molar-refractivity contribution in [3.8, 4) is 0 Å². The van der Waals surface area contributed by atoms with Crippen LogP contribution < -0.4 is 0 Å². The van der Waals surface area contributed by atoms with Crippen LogP contribution in [0.4, 0.5) is 0 Å². The van der Waals surface area contributed by atoms with Crippen molar-refractivity contribution in [2.24, 2.45) is 33.7 Å². The van der Waals surface area contributed by atoms with Crippen LogP contribution in [0.1, 0.15) is 19.3 Å². The van der Waals surface area contributed by atoms with Gasteiger partial charge in [0.1, 0.15) is 13.2 Å². The summed E-state index contributed by atoms with van der Waals surface area (Å²) in [5.41, 5.74) is 0. The summed E-state index contributed by atoms with van der Waals surface area (Å²) in [7, 11) is 0. The van der Waals surface area contributed by atoms with Gasteiger partial charge in [0.25, 0.3) is 0 Å². The van der Waals surface area contributed by atoms with Crippen molar-refractivity contribution in [1.82, 2.24) is 0 Å². The molecule has 0 aromatic rings. The van der Waals surface area contributed by atoms with Crippen LogP contribution in [-0.2, 0) is 28.7 Å². The third-order valence-corrected chi connectivity index (χ3v) is 4.67. The van der Waals surface area contributed by atoms with Crippen LogP contribution in [0.5, 0.6) is 0 Å². The standard InChI is InChI=1S/C17H20N2O6/c20-10-18-3-5-24-16(22)8-14-12-1-2-13(7-12)15(14)9-17(23)25-6-4-19-11-21/h1-2,12-15H,3-9H2. The third-order valence-electron chi connectivity index (χ3n) is 4.67. The van der Waals surface area contributed by atoms with Crippen molar-refractivity contribution in [2.75, 3.05) is 26.3 Å². The number of ether oxygens (including phenoxy) is 2. The number of rotatable bonds is 10. The highest BCUT2D eigenvalue weighted by atomic mass is 16.5. The van der Waals surface area contributed by atoms with Gasteiger partial charge in [-0.15, -0.1) is 0 Å². The lowest BCUT2D eigenvalue weighted by Gasteiger charge is -2.26. The van der Waals surface area contributed by atoms with Gasteiger partial charge in [-0.05, 0) is 30.1 Å². The van der Waals surface area contributed by atoms with Crippen molar-refractivity contribution in [1.29, 1.82) is 0 Å². The minimum atomic E-state index is -0.356. The summed E-state index contributed by atoms with van der Waals surface area (Å²) < 4.78 is 10.1. The smallest absolute Gasteiger partial charge is 0.306 e. The number of aliphatic imine (C=N–C) groups is 2. The second kappa shape index (κ2) is 9.67. The Morgan fingerprint density at radius 1 is 0.880 bits per heavy atom. The molecule has 8 nitrogen and oxygen atoms in total. The molecule has 1 fully saturated rings. The molecule has 25 heavy (non-hydrogen) atoms. The summed E-state index contributed by atoms with van der Waals surface area (Å²) in [4.78, 5) is 50.5. The van der Waals surface area contributed by atoms with E-state index in [0.717, 1.165) is 6.42 Å². The highest BCUT2D eigenvalue weighted by Gasteiger charge is 2.46. The number of isocyanates is 2. The average Bonchev–Trinajstić information content (AvgIpc) is 3.19. The first-order valence-electron chi connectivity index (χ1n) is 8.22. The summed E-state index contributed by atoms with van der Waals surface area (Å²) in [6.45, 7) is 0.305. The Balaban J connectivity index is 1.82. The minimum absolute atomic E-state index is 0.0395. The highest BCUT2D eigenvalue weighted by molar-refractivity contribution is 5.72. The van der Waals surface area contributed by atoms with Crippen molar-refractivity contribution in [3.05, 3.63) is 12.2 Å². The number of nitrogens with zero attached hydrogens (tertiary/aromatic N) is 2. The van der Waals surface area contributed by atoms with Crippen molar-refractivity contribution < 1.29 is 28.7 Å². The fourth-order valence-corrected chi connectivity index (χ4v) is 3.64. The number of allylic oxidation sites excluding steroid dienone is 2. The number of hydrogen-bond acceptors (Lipinski definition) is 8. The van der Waals surface area contributed by atoms with E-state index in [9.17, 15) is 19.2 Å². The lowest BCUT2D eigenvalue weighted by atomic mass is 9.79. The maximum atomic E-state index is 12.0. The van der Waals surface area contributed by atoms with Gasteiger partial charge in [-0.2, -0.15) is 0 Å². The maximum absolute atomic E-state index is 12.0. The molecular formula is C17H20N2O6. The zero-order valence-electron chi connectivity index (χ0n) is 13.8. The molecule has 0 radical (unpaired) electrons. The first kappa shape index (κ1) is 18.8. The summed E-state index contributed by atoms with van der Waals surface area (Å²) in [6.07, 6.45) is 8.35. The molecule has 4 atom stereocenters. The van der Waals surface area contributed by atoms with Gasteiger partial charge in [-0.3, -0.25) is 9.59 Å². The Hall–Kier alpha value is -2.56. The first-order chi connectivity index (χ1) is 12.2. The summed E-state index contributed by atoms with van der Waals surface area (Å²) >= 11 is 0. The average molecular weight is 348 g/mol. The quantitative estimate of drug-likeness (QED) is 0.191. The zero-order valence-corrected chi connectivity index (χ0v) is 13.8. The molecule has 2 rings (SSSR count). The van der Waals surface area contributed by atoms with E-state index < -0.39 is 0 Å². The van der Waals surface area contributed by atoms with Crippen LogP contribution >= 0.6 is 0 Å². The summed E-state index contributed by atoms with van der Waals surface area (Å²) in [5, 5.41) is 0. The van der Waals surface area contributed by atoms with Gasteiger partial charge < -0.3 is 9.47 Å². The molecule has 0 saturated heterocycles. The van der Waals surface area contributed by atoms with Crippen LogP contribution in [0, 0.1) is 23.7 Å². The van der Waals surface area contributed by atoms with Crippen LogP contribution in [0.25, 0.3) is 0 Å². The molecule has 0 N–H and O–H groups in total. The fourth-order valence-electron chi connectivity index (χ4n) is 3.64. The van der Waals surface area contributed by atoms with Gasteiger partial charge in [-0.25, -0.2) is 19.6 Å². The molecule has 1 saturated carbocycles. The molecule has 0 spiro atoms.